The van der Waals surface area contributed by atoms with E-state index in [0.29, 0.717) is 13.1 Å². The quantitative estimate of drug-likeness (QED) is 0.758. The topological polar surface area (TPSA) is 56.4 Å². The zero-order valence-corrected chi connectivity index (χ0v) is 13.3. The van der Waals surface area contributed by atoms with Gasteiger partial charge in [-0.05, 0) is 38.5 Å². The van der Waals surface area contributed by atoms with E-state index >= 15 is 0 Å². The average molecular weight is 302 g/mol. The van der Waals surface area contributed by atoms with Gasteiger partial charge in [0.2, 0.25) is 5.91 Å². The number of nitrogens with one attached hydrogen (secondary N) is 3. The molecule has 120 valence electrons. The van der Waals surface area contributed by atoms with E-state index in [1.807, 2.05) is 0 Å². The van der Waals surface area contributed by atoms with Crippen LogP contribution in [0.5, 0.6) is 0 Å². The maximum absolute atomic E-state index is 12.3. The van der Waals surface area contributed by atoms with Crippen molar-refractivity contribution in [3.63, 3.8) is 0 Å². The molecule has 0 radical (unpaired) electrons. The molecule has 2 saturated heterocycles. The van der Waals surface area contributed by atoms with E-state index in [2.05, 4.69) is 58.4 Å². The van der Waals surface area contributed by atoms with Crippen molar-refractivity contribution < 1.29 is 4.79 Å². The van der Waals surface area contributed by atoms with Gasteiger partial charge >= 0.3 is 0 Å². The molecular formula is C17H26N4O. The van der Waals surface area contributed by atoms with Gasteiger partial charge in [-0.3, -0.25) is 15.6 Å². The molecule has 1 aromatic carbocycles. The first kappa shape index (κ1) is 15.5. The highest BCUT2D eigenvalue weighted by atomic mass is 16.2. The van der Waals surface area contributed by atoms with Crippen molar-refractivity contribution in [1.82, 2.24) is 21.1 Å². The van der Waals surface area contributed by atoms with Crippen LogP contribution in [0.4, 0.5) is 0 Å². The van der Waals surface area contributed by atoms with Crippen LogP contribution in [0.2, 0.25) is 0 Å². The van der Waals surface area contributed by atoms with Crippen molar-refractivity contribution >= 4 is 5.91 Å². The lowest BCUT2D eigenvalue weighted by Crippen LogP contribution is -2.49. The van der Waals surface area contributed by atoms with Gasteiger partial charge in [-0.15, -0.1) is 0 Å². The summed E-state index contributed by atoms with van der Waals surface area (Å²) >= 11 is 0. The van der Waals surface area contributed by atoms with E-state index < -0.39 is 0 Å². The maximum atomic E-state index is 12.3. The predicted molar refractivity (Wildman–Crippen MR) is 87.4 cm³/mol. The van der Waals surface area contributed by atoms with Crippen LogP contribution in [0.1, 0.15) is 18.4 Å². The monoisotopic (exact) mass is 302 g/mol. The van der Waals surface area contributed by atoms with Crippen LogP contribution in [-0.4, -0.2) is 50.6 Å². The fraction of sp³-hybridized carbons (Fsp3) is 0.588. The van der Waals surface area contributed by atoms with E-state index in [0.717, 1.165) is 32.5 Å². The van der Waals surface area contributed by atoms with E-state index in [1.54, 1.807) is 0 Å². The Bertz CT molecular complexity index is 491. The Morgan fingerprint density at radius 2 is 1.86 bits per heavy atom. The van der Waals surface area contributed by atoms with Crippen LogP contribution < -0.4 is 16.2 Å². The number of carbonyl (C=O) groups is 1. The standard InChI is InChI=1S/C17H26N4O/c1-21-9-7-17(8-10-21,15-5-3-2-4-6-15)13-18-16(22)14-11-19-20-12-14/h2-6,14,19-20H,7-13H2,1H3,(H,18,22). The van der Waals surface area contributed by atoms with Crippen molar-refractivity contribution in [3.8, 4) is 0 Å². The molecule has 1 amide bonds. The molecule has 0 spiro atoms. The Hall–Kier alpha value is -1.43. The molecule has 22 heavy (non-hydrogen) atoms. The Morgan fingerprint density at radius 3 is 2.50 bits per heavy atom. The van der Waals surface area contributed by atoms with E-state index in [9.17, 15) is 4.79 Å². The van der Waals surface area contributed by atoms with Crippen LogP contribution >= 0.6 is 0 Å². The highest BCUT2D eigenvalue weighted by Crippen LogP contribution is 2.34. The summed E-state index contributed by atoms with van der Waals surface area (Å²) in [5, 5.41) is 3.21. The average Bonchev–Trinajstić information content (AvgIpc) is 3.10. The molecule has 2 aliphatic rings. The van der Waals surface area contributed by atoms with E-state index in [1.165, 1.54) is 5.56 Å². The summed E-state index contributed by atoms with van der Waals surface area (Å²) in [7, 11) is 2.17. The lowest BCUT2D eigenvalue weighted by atomic mass is 9.72. The van der Waals surface area contributed by atoms with Gasteiger partial charge in [0.1, 0.15) is 0 Å². The third-order valence-corrected chi connectivity index (χ3v) is 5.12. The fourth-order valence-electron chi connectivity index (χ4n) is 3.45. The first-order valence-corrected chi connectivity index (χ1v) is 8.17. The number of amides is 1. The minimum atomic E-state index is 0.0408. The van der Waals surface area contributed by atoms with Crippen LogP contribution in [0.25, 0.3) is 0 Å². The summed E-state index contributed by atoms with van der Waals surface area (Å²) in [5.74, 6) is 0.200. The summed E-state index contributed by atoms with van der Waals surface area (Å²) in [6, 6.07) is 10.7. The molecule has 0 saturated carbocycles. The molecule has 2 fully saturated rings. The molecule has 5 heteroatoms. The normalized spacial score (nSPS) is 22.6. The first-order valence-electron chi connectivity index (χ1n) is 8.17. The molecule has 0 atom stereocenters. The Balaban J connectivity index is 1.70. The van der Waals surface area contributed by atoms with Gasteiger partial charge in [-0.1, -0.05) is 30.3 Å². The van der Waals surface area contributed by atoms with Gasteiger partial charge in [0.15, 0.2) is 0 Å². The molecule has 2 aliphatic heterocycles. The lowest BCUT2D eigenvalue weighted by molar-refractivity contribution is -0.124. The van der Waals surface area contributed by atoms with Gasteiger partial charge in [-0.25, -0.2) is 0 Å². The molecule has 0 bridgehead atoms. The summed E-state index contributed by atoms with van der Waals surface area (Å²) in [5.41, 5.74) is 7.47. The third-order valence-electron chi connectivity index (χ3n) is 5.12. The number of hydrogen-bond acceptors (Lipinski definition) is 4. The summed E-state index contributed by atoms with van der Waals surface area (Å²) in [4.78, 5) is 14.7. The molecule has 5 nitrogen and oxygen atoms in total. The lowest BCUT2D eigenvalue weighted by Gasteiger charge is -2.41. The smallest absolute Gasteiger partial charge is 0.225 e. The van der Waals surface area contributed by atoms with Crippen molar-refractivity contribution in [2.45, 2.75) is 18.3 Å². The number of rotatable bonds is 4. The molecular weight excluding hydrogens is 276 g/mol. The summed E-state index contributed by atoms with van der Waals surface area (Å²) in [6.45, 7) is 4.33. The summed E-state index contributed by atoms with van der Waals surface area (Å²) in [6.07, 6.45) is 2.18. The third kappa shape index (κ3) is 3.32. The van der Waals surface area contributed by atoms with Crippen molar-refractivity contribution in [1.29, 1.82) is 0 Å². The number of nitrogens with zero attached hydrogens (tertiary/aromatic N) is 1. The molecule has 2 heterocycles. The SMILES string of the molecule is CN1CCC(CNC(=O)C2CNNC2)(c2ccccc2)CC1. The van der Waals surface area contributed by atoms with Crippen LogP contribution in [0.3, 0.4) is 0 Å². The molecule has 1 aromatic rings. The van der Waals surface area contributed by atoms with Crippen molar-refractivity contribution in [3.05, 3.63) is 35.9 Å². The molecule has 3 N–H and O–H groups in total. The Morgan fingerprint density at radius 1 is 1.23 bits per heavy atom. The second kappa shape index (κ2) is 6.77. The number of hydrazine groups is 1. The van der Waals surface area contributed by atoms with Crippen molar-refractivity contribution in [2.24, 2.45) is 5.92 Å². The van der Waals surface area contributed by atoms with Gasteiger partial charge in [-0.2, -0.15) is 0 Å². The zero-order valence-electron chi connectivity index (χ0n) is 13.3. The second-order valence-corrected chi connectivity index (χ2v) is 6.63. The van der Waals surface area contributed by atoms with E-state index in [4.69, 9.17) is 0 Å². The minimum absolute atomic E-state index is 0.0408. The van der Waals surface area contributed by atoms with Gasteiger partial charge < -0.3 is 10.2 Å². The van der Waals surface area contributed by atoms with E-state index in [-0.39, 0.29) is 17.2 Å². The van der Waals surface area contributed by atoms with Gasteiger partial charge in [0.05, 0.1) is 5.92 Å². The largest absolute Gasteiger partial charge is 0.355 e. The molecule has 0 aromatic heterocycles. The summed E-state index contributed by atoms with van der Waals surface area (Å²) < 4.78 is 0. The Labute approximate surface area is 132 Å². The van der Waals surface area contributed by atoms with Crippen LogP contribution in [-0.2, 0) is 10.2 Å². The van der Waals surface area contributed by atoms with Crippen molar-refractivity contribution in [2.75, 3.05) is 39.8 Å². The molecule has 3 rings (SSSR count). The predicted octanol–water partition coefficient (Wildman–Crippen LogP) is 0.490. The van der Waals surface area contributed by atoms with Gasteiger partial charge in [0, 0.05) is 25.0 Å². The van der Waals surface area contributed by atoms with Crippen LogP contribution in [0.15, 0.2) is 30.3 Å². The number of hydrogen-bond donors (Lipinski definition) is 3. The number of benzene rings is 1. The van der Waals surface area contributed by atoms with Gasteiger partial charge in [0.25, 0.3) is 0 Å². The number of carbonyl (C=O) groups excluding carboxylic acids is 1. The maximum Gasteiger partial charge on any atom is 0.225 e. The highest BCUT2D eigenvalue weighted by molar-refractivity contribution is 5.79. The molecule has 0 unspecified atom stereocenters. The Kier molecular flexibility index (Phi) is 4.76. The minimum Gasteiger partial charge on any atom is -0.355 e. The highest BCUT2D eigenvalue weighted by Gasteiger charge is 2.36. The second-order valence-electron chi connectivity index (χ2n) is 6.63. The fourth-order valence-corrected chi connectivity index (χ4v) is 3.45. The number of piperidine rings is 1. The first-order chi connectivity index (χ1) is 10.7. The number of likely N-dealkylation sites (tertiary alicyclic amines) is 1. The zero-order chi connectivity index (χ0) is 15.4. The van der Waals surface area contributed by atoms with Crippen LogP contribution in [0, 0.1) is 5.92 Å². The molecule has 0 aliphatic carbocycles.